The van der Waals surface area contributed by atoms with Crippen LogP contribution in [-0.2, 0) is 7.05 Å². The molecular weight excluding hydrogens is 214 g/mol. The number of carbonyl (C=O) groups is 1. The van der Waals surface area contributed by atoms with Crippen molar-refractivity contribution in [1.82, 2.24) is 9.55 Å². The summed E-state index contributed by atoms with van der Waals surface area (Å²) in [5.41, 5.74) is 10.9. The first-order valence-electron chi connectivity index (χ1n) is 5.58. The van der Waals surface area contributed by atoms with Gasteiger partial charge in [-0.25, -0.2) is 4.98 Å². The minimum Gasteiger partial charge on any atom is -0.366 e. The van der Waals surface area contributed by atoms with Crippen LogP contribution in [0.2, 0.25) is 0 Å². The Labute approximate surface area is 100 Å². The van der Waals surface area contributed by atoms with E-state index >= 15 is 0 Å². The zero-order chi connectivity index (χ0) is 12.9. The van der Waals surface area contributed by atoms with Gasteiger partial charge in [0.25, 0.3) is 5.91 Å². The van der Waals surface area contributed by atoms with Crippen molar-refractivity contribution >= 4 is 16.9 Å². The van der Waals surface area contributed by atoms with Gasteiger partial charge in [0.2, 0.25) is 0 Å². The minimum absolute atomic E-state index is 0.409. The fourth-order valence-corrected chi connectivity index (χ4v) is 2.34. The number of nitrogens with zero attached hydrogens (tertiary/aromatic N) is 2. The number of benzene rings is 1. The molecule has 0 atom stereocenters. The van der Waals surface area contributed by atoms with Crippen molar-refractivity contribution < 1.29 is 4.79 Å². The third-order valence-corrected chi connectivity index (χ3v) is 3.66. The third-order valence-electron chi connectivity index (χ3n) is 3.66. The zero-order valence-electron chi connectivity index (χ0n) is 10.9. The predicted molar refractivity (Wildman–Crippen MR) is 68.2 cm³/mol. The summed E-state index contributed by atoms with van der Waals surface area (Å²) in [5, 5.41) is 0. The fraction of sp³-hybridized carbons (Fsp3) is 0.385. The van der Waals surface area contributed by atoms with Crippen molar-refractivity contribution in [3.63, 3.8) is 0 Å². The molecule has 0 bridgehead atoms. The topological polar surface area (TPSA) is 60.9 Å². The molecule has 1 aromatic carbocycles. The SMILES string of the molecule is Cc1c(C)c(C)c2c(nc(C)n2C)c1C(N)=O. The van der Waals surface area contributed by atoms with E-state index in [1.807, 2.05) is 32.4 Å². The van der Waals surface area contributed by atoms with E-state index in [1.54, 1.807) is 0 Å². The van der Waals surface area contributed by atoms with Gasteiger partial charge in [-0.05, 0) is 44.4 Å². The second kappa shape index (κ2) is 3.58. The highest BCUT2D eigenvalue weighted by Gasteiger charge is 2.19. The molecule has 0 aliphatic heterocycles. The molecule has 0 saturated carbocycles. The van der Waals surface area contributed by atoms with Crippen molar-refractivity contribution in [2.75, 3.05) is 0 Å². The van der Waals surface area contributed by atoms with E-state index in [9.17, 15) is 4.79 Å². The van der Waals surface area contributed by atoms with Crippen molar-refractivity contribution in [1.29, 1.82) is 0 Å². The second-order valence-electron chi connectivity index (χ2n) is 4.53. The molecule has 1 heterocycles. The quantitative estimate of drug-likeness (QED) is 0.814. The highest BCUT2D eigenvalue weighted by molar-refractivity contribution is 6.07. The first-order chi connectivity index (χ1) is 7.86. The molecule has 0 spiro atoms. The standard InChI is InChI=1S/C13H17N3O/c1-6-7(2)10(13(14)17)11-12(8(6)3)16(5)9(4)15-11/h1-5H3,(H2,14,17). The van der Waals surface area contributed by atoms with E-state index in [-0.39, 0.29) is 0 Å². The molecule has 0 aliphatic carbocycles. The van der Waals surface area contributed by atoms with E-state index in [0.29, 0.717) is 5.56 Å². The van der Waals surface area contributed by atoms with Crippen LogP contribution in [0.15, 0.2) is 0 Å². The number of imidazole rings is 1. The van der Waals surface area contributed by atoms with E-state index in [2.05, 4.69) is 11.9 Å². The van der Waals surface area contributed by atoms with Crippen LogP contribution in [0, 0.1) is 27.7 Å². The molecule has 4 nitrogen and oxygen atoms in total. The van der Waals surface area contributed by atoms with Gasteiger partial charge in [-0.2, -0.15) is 0 Å². The molecule has 1 amide bonds. The lowest BCUT2D eigenvalue weighted by Crippen LogP contribution is -2.15. The van der Waals surface area contributed by atoms with Crippen LogP contribution in [0.1, 0.15) is 32.9 Å². The maximum atomic E-state index is 11.6. The molecule has 0 radical (unpaired) electrons. The normalized spacial score (nSPS) is 11.1. The lowest BCUT2D eigenvalue weighted by atomic mass is 9.96. The van der Waals surface area contributed by atoms with Gasteiger partial charge in [0.15, 0.2) is 0 Å². The summed E-state index contributed by atoms with van der Waals surface area (Å²) >= 11 is 0. The Kier molecular flexibility index (Phi) is 2.45. The van der Waals surface area contributed by atoms with Gasteiger partial charge in [-0.15, -0.1) is 0 Å². The van der Waals surface area contributed by atoms with Crippen molar-refractivity contribution in [2.45, 2.75) is 27.7 Å². The van der Waals surface area contributed by atoms with Gasteiger partial charge in [-0.3, -0.25) is 4.79 Å². The fourth-order valence-electron chi connectivity index (χ4n) is 2.34. The largest absolute Gasteiger partial charge is 0.366 e. The number of fused-ring (bicyclic) bond motifs is 1. The molecule has 90 valence electrons. The highest BCUT2D eigenvalue weighted by Crippen LogP contribution is 2.29. The van der Waals surface area contributed by atoms with Crippen LogP contribution >= 0.6 is 0 Å². The number of hydrogen-bond donors (Lipinski definition) is 1. The zero-order valence-corrected chi connectivity index (χ0v) is 10.9. The molecule has 2 aromatic rings. The molecule has 17 heavy (non-hydrogen) atoms. The Balaban J connectivity index is 3.09. The van der Waals surface area contributed by atoms with Gasteiger partial charge < -0.3 is 10.3 Å². The number of carbonyl (C=O) groups excluding carboxylic acids is 1. The Hall–Kier alpha value is -1.84. The first-order valence-corrected chi connectivity index (χ1v) is 5.58. The van der Waals surface area contributed by atoms with Gasteiger partial charge in [0.05, 0.1) is 11.1 Å². The Morgan fingerprint density at radius 2 is 1.71 bits per heavy atom. The summed E-state index contributed by atoms with van der Waals surface area (Å²) in [5.74, 6) is 0.476. The van der Waals surface area contributed by atoms with E-state index in [4.69, 9.17) is 5.73 Å². The number of aromatic nitrogens is 2. The Morgan fingerprint density at radius 3 is 2.24 bits per heavy atom. The third kappa shape index (κ3) is 1.44. The number of rotatable bonds is 1. The average molecular weight is 231 g/mol. The lowest BCUT2D eigenvalue weighted by Gasteiger charge is -2.11. The van der Waals surface area contributed by atoms with Crippen LogP contribution in [-0.4, -0.2) is 15.5 Å². The minimum atomic E-state index is -0.409. The number of amides is 1. The summed E-state index contributed by atoms with van der Waals surface area (Å²) < 4.78 is 2.00. The van der Waals surface area contributed by atoms with Crippen LogP contribution < -0.4 is 5.73 Å². The summed E-state index contributed by atoms with van der Waals surface area (Å²) in [7, 11) is 1.96. The summed E-state index contributed by atoms with van der Waals surface area (Å²) in [6.45, 7) is 7.91. The number of primary amides is 1. The van der Waals surface area contributed by atoms with Gasteiger partial charge in [-0.1, -0.05) is 0 Å². The summed E-state index contributed by atoms with van der Waals surface area (Å²) in [4.78, 5) is 16.1. The van der Waals surface area contributed by atoms with E-state index < -0.39 is 5.91 Å². The predicted octanol–water partition coefficient (Wildman–Crippen LogP) is 1.91. The molecule has 1 aromatic heterocycles. The number of aryl methyl sites for hydroxylation is 3. The highest BCUT2D eigenvalue weighted by atomic mass is 16.1. The van der Waals surface area contributed by atoms with Crippen LogP contribution in [0.5, 0.6) is 0 Å². The summed E-state index contributed by atoms with van der Waals surface area (Å²) in [6, 6.07) is 0. The molecule has 0 unspecified atom stereocenters. The smallest absolute Gasteiger partial charge is 0.251 e. The van der Waals surface area contributed by atoms with E-state index in [1.165, 1.54) is 0 Å². The van der Waals surface area contributed by atoms with Gasteiger partial charge in [0, 0.05) is 7.05 Å². The second-order valence-corrected chi connectivity index (χ2v) is 4.53. The van der Waals surface area contributed by atoms with Gasteiger partial charge >= 0.3 is 0 Å². The van der Waals surface area contributed by atoms with Crippen molar-refractivity contribution in [3.05, 3.63) is 28.1 Å². The number of hydrogen-bond acceptors (Lipinski definition) is 2. The van der Waals surface area contributed by atoms with E-state index in [0.717, 1.165) is 33.5 Å². The van der Waals surface area contributed by atoms with Crippen molar-refractivity contribution in [2.24, 2.45) is 12.8 Å². The Bertz CT molecular complexity index is 638. The lowest BCUT2D eigenvalue weighted by molar-refractivity contribution is 0.100. The monoisotopic (exact) mass is 231 g/mol. The maximum Gasteiger partial charge on any atom is 0.251 e. The van der Waals surface area contributed by atoms with Crippen LogP contribution in [0.3, 0.4) is 0 Å². The number of nitrogens with two attached hydrogens (primary N) is 1. The molecule has 0 fully saturated rings. The van der Waals surface area contributed by atoms with Crippen molar-refractivity contribution in [3.8, 4) is 0 Å². The summed E-state index contributed by atoms with van der Waals surface area (Å²) in [6.07, 6.45) is 0. The molecule has 0 aliphatic rings. The molecule has 4 heteroatoms. The van der Waals surface area contributed by atoms with Gasteiger partial charge in [0.1, 0.15) is 11.3 Å². The Morgan fingerprint density at radius 1 is 1.12 bits per heavy atom. The molecule has 2 N–H and O–H groups in total. The van der Waals surface area contributed by atoms with Crippen LogP contribution in [0.4, 0.5) is 0 Å². The molecule has 0 saturated heterocycles. The molecule has 2 rings (SSSR count). The maximum absolute atomic E-state index is 11.6. The molecular formula is C13H17N3O. The average Bonchev–Trinajstić information content (AvgIpc) is 2.52. The van der Waals surface area contributed by atoms with Crippen LogP contribution in [0.25, 0.3) is 11.0 Å². The first kappa shape index (κ1) is 11.6.